The van der Waals surface area contributed by atoms with Gasteiger partial charge in [0.15, 0.2) is 0 Å². The second kappa shape index (κ2) is 6.76. The Balaban J connectivity index is 2.21. The molecule has 3 N–H and O–H groups in total. The van der Waals surface area contributed by atoms with E-state index in [9.17, 15) is 10.1 Å². The van der Waals surface area contributed by atoms with E-state index in [2.05, 4.69) is 5.32 Å². The fourth-order valence-electron chi connectivity index (χ4n) is 2.84. The molecule has 2 atom stereocenters. The van der Waals surface area contributed by atoms with Crippen LogP contribution >= 0.6 is 0 Å². The molecule has 21 heavy (non-hydrogen) atoms. The highest BCUT2D eigenvalue weighted by Gasteiger charge is 2.26. The number of nitrogens with one attached hydrogen (secondary N) is 1. The lowest BCUT2D eigenvalue weighted by atomic mass is 10.0. The third-order valence-corrected chi connectivity index (χ3v) is 3.79. The fraction of sp³-hybridized carbons (Fsp3) is 0.600. The van der Waals surface area contributed by atoms with Crippen molar-refractivity contribution >= 4 is 11.4 Å². The van der Waals surface area contributed by atoms with Crippen molar-refractivity contribution in [3.05, 3.63) is 28.3 Å². The van der Waals surface area contributed by atoms with E-state index < -0.39 is 4.92 Å². The van der Waals surface area contributed by atoms with Gasteiger partial charge in [0.05, 0.1) is 17.1 Å². The molecule has 0 aliphatic heterocycles. The number of anilines is 1. The number of nitrogens with zero attached hydrogens (tertiary/aromatic N) is 1. The van der Waals surface area contributed by atoms with Gasteiger partial charge in [0.2, 0.25) is 0 Å². The van der Waals surface area contributed by atoms with Crippen LogP contribution in [0.25, 0.3) is 0 Å². The molecule has 0 bridgehead atoms. The maximum Gasteiger partial charge on any atom is 0.275 e. The van der Waals surface area contributed by atoms with Gasteiger partial charge in [-0.15, -0.1) is 0 Å². The summed E-state index contributed by atoms with van der Waals surface area (Å²) in [6.45, 7) is 4.43. The monoisotopic (exact) mass is 293 g/mol. The number of hydrogen-bond acceptors (Lipinski definition) is 5. The third-order valence-electron chi connectivity index (χ3n) is 3.79. The predicted molar refractivity (Wildman–Crippen MR) is 82.7 cm³/mol. The zero-order valence-corrected chi connectivity index (χ0v) is 12.5. The van der Waals surface area contributed by atoms with Crippen molar-refractivity contribution in [2.24, 2.45) is 11.7 Å². The average Bonchev–Trinajstić information content (AvgIpc) is 2.84. The molecule has 0 aromatic heterocycles. The molecule has 116 valence electrons. The summed E-state index contributed by atoms with van der Waals surface area (Å²) in [4.78, 5) is 10.7. The first-order chi connectivity index (χ1) is 9.99. The van der Waals surface area contributed by atoms with Crippen LogP contribution in [0.4, 0.5) is 11.4 Å². The summed E-state index contributed by atoms with van der Waals surface area (Å²) in [6.07, 6.45) is 3.27. The minimum Gasteiger partial charge on any atom is -0.491 e. The molecule has 0 heterocycles. The maximum atomic E-state index is 11.1. The molecular formula is C15H23N3O3. The van der Waals surface area contributed by atoms with Crippen LogP contribution in [0.1, 0.15) is 33.1 Å². The second-order valence-corrected chi connectivity index (χ2v) is 5.82. The minimum atomic E-state index is -0.395. The third kappa shape index (κ3) is 4.07. The van der Waals surface area contributed by atoms with Crippen LogP contribution in [-0.2, 0) is 0 Å². The Morgan fingerprint density at radius 3 is 2.81 bits per heavy atom. The van der Waals surface area contributed by atoms with Crippen LogP contribution in [0.5, 0.6) is 5.75 Å². The van der Waals surface area contributed by atoms with Gasteiger partial charge in [-0.3, -0.25) is 10.1 Å². The van der Waals surface area contributed by atoms with E-state index in [1.165, 1.54) is 6.07 Å². The molecule has 0 radical (unpaired) electrons. The molecule has 0 spiro atoms. The van der Waals surface area contributed by atoms with Crippen LogP contribution in [0.2, 0.25) is 0 Å². The summed E-state index contributed by atoms with van der Waals surface area (Å²) in [5.41, 5.74) is 6.55. The van der Waals surface area contributed by atoms with Gasteiger partial charge in [0.25, 0.3) is 5.69 Å². The minimum absolute atomic E-state index is 0.0249. The zero-order chi connectivity index (χ0) is 15.4. The standard InChI is InChI=1S/C15H23N3O3/c1-10(2)21-14-7-12(6-13(8-14)18(19)20)17-15-5-3-4-11(15)9-16/h6-8,10-11,15,17H,3-5,9,16H2,1-2H3. The highest BCUT2D eigenvalue weighted by atomic mass is 16.6. The number of non-ortho nitro benzene ring substituents is 1. The Morgan fingerprint density at radius 1 is 1.43 bits per heavy atom. The number of nitrogens with two attached hydrogens (primary N) is 1. The maximum absolute atomic E-state index is 11.1. The summed E-state index contributed by atoms with van der Waals surface area (Å²) in [5.74, 6) is 0.947. The van der Waals surface area contributed by atoms with E-state index in [4.69, 9.17) is 10.5 Å². The average molecular weight is 293 g/mol. The van der Waals surface area contributed by atoms with Crippen LogP contribution in [-0.4, -0.2) is 23.6 Å². The van der Waals surface area contributed by atoms with Crippen molar-refractivity contribution in [3.8, 4) is 5.75 Å². The number of nitro benzene ring substituents is 1. The van der Waals surface area contributed by atoms with Gasteiger partial charge < -0.3 is 15.8 Å². The molecule has 1 aromatic carbocycles. The summed E-state index contributed by atoms with van der Waals surface area (Å²) in [5, 5.41) is 14.4. The van der Waals surface area contributed by atoms with E-state index >= 15 is 0 Å². The molecule has 0 amide bonds. The summed E-state index contributed by atoms with van der Waals surface area (Å²) in [6, 6.07) is 5.11. The Labute approximate surface area is 124 Å². The Morgan fingerprint density at radius 2 is 2.19 bits per heavy atom. The lowest BCUT2D eigenvalue weighted by Crippen LogP contribution is -2.29. The van der Waals surface area contributed by atoms with Gasteiger partial charge in [-0.2, -0.15) is 0 Å². The van der Waals surface area contributed by atoms with Crippen molar-refractivity contribution in [3.63, 3.8) is 0 Å². The Bertz CT molecular complexity index is 505. The molecule has 1 aromatic rings. The zero-order valence-electron chi connectivity index (χ0n) is 12.5. The quantitative estimate of drug-likeness (QED) is 0.621. The molecule has 6 heteroatoms. The van der Waals surface area contributed by atoms with Gasteiger partial charge in [-0.05, 0) is 39.2 Å². The van der Waals surface area contributed by atoms with Crippen LogP contribution < -0.4 is 15.8 Å². The predicted octanol–water partition coefficient (Wildman–Crippen LogP) is 2.92. The van der Waals surface area contributed by atoms with E-state index in [0.29, 0.717) is 18.2 Å². The van der Waals surface area contributed by atoms with Crippen molar-refractivity contribution in [1.29, 1.82) is 0 Å². The van der Waals surface area contributed by atoms with E-state index in [-0.39, 0.29) is 17.8 Å². The van der Waals surface area contributed by atoms with E-state index in [1.54, 1.807) is 6.07 Å². The normalized spacial score (nSPS) is 21.5. The highest BCUT2D eigenvalue weighted by Crippen LogP contribution is 2.31. The van der Waals surface area contributed by atoms with Gasteiger partial charge in [0.1, 0.15) is 5.75 Å². The smallest absolute Gasteiger partial charge is 0.275 e. The molecule has 2 rings (SSSR count). The van der Waals surface area contributed by atoms with Crippen molar-refractivity contribution in [1.82, 2.24) is 0 Å². The largest absolute Gasteiger partial charge is 0.491 e. The highest BCUT2D eigenvalue weighted by molar-refractivity contribution is 5.57. The number of benzene rings is 1. The second-order valence-electron chi connectivity index (χ2n) is 5.82. The number of rotatable bonds is 6. The first-order valence-corrected chi connectivity index (χ1v) is 7.42. The van der Waals surface area contributed by atoms with Gasteiger partial charge in [-0.25, -0.2) is 0 Å². The van der Waals surface area contributed by atoms with Crippen LogP contribution in [0.3, 0.4) is 0 Å². The summed E-state index contributed by atoms with van der Waals surface area (Å²) >= 11 is 0. The number of nitro groups is 1. The number of hydrogen-bond donors (Lipinski definition) is 2. The lowest BCUT2D eigenvalue weighted by Gasteiger charge is -2.21. The molecule has 1 aliphatic rings. The number of ether oxygens (including phenoxy) is 1. The summed E-state index contributed by atoms with van der Waals surface area (Å²) < 4.78 is 5.59. The molecule has 1 aliphatic carbocycles. The molecule has 2 unspecified atom stereocenters. The van der Waals surface area contributed by atoms with Gasteiger partial charge in [0, 0.05) is 23.9 Å². The molecule has 6 nitrogen and oxygen atoms in total. The van der Waals surface area contributed by atoms with E-state index in [0.717, 1.165) is 24.9 Å². The summed E-state index contributed by atoms with van der Waals surface area (Å²) in [7, 11) is 0. The Kier molecular flexibility index (Phi) is 5.01. The first-order valence-electron chi connectivity index (χ1n) is 7.42. The molecule has 1 fully saturated rings. The Hall–Kier alpha value is -1.82. The SMILES string of the molecule is CC(C)Oc1cc(NC2CCCC2CN)cc([N+](=O)[O-])c1. The van der Waals surface area contributed by atoms with Gasteiger partial charge >= 0.3 is 0 Å². The molecule has 1 saturated carbocycles. The molecule has 0 saturated heterocycles. The van der Waals surface area contributed by atoms with Crippen molar-refractivity contribution < 1.29 is 9.66 Å². The van der Waals surface area contributed by atoms with Crippen molar-refractivity contribution in [2.75, 3.05) is 11.9 Å². The van der Waals surface area contributed by atoms with Crippen LogP contribution in [0.15, 0.2) is 18.2 Å². The molecular weight excluding hydrogens is 270 g/mol. The van der Waals surface area contributed by atoms with Gasteiger partial charge in [-0.1, -0.05) is 6.42 Å². The van der Waals surface area contributed by atoms with E-state index in [1.807, 2.05) is 19.9 Å². The van der Waals surface area contributed by atoms with Crippen LogP contribution in [0, 0.1) is 16.0 Å². The lowest BCUT2D eigenvalue weighted by molar-refractivity contribution is -0.384. The fourth-order valence-corrected chi connectivity index (χ4v) is 2.84. The first kappa shape index (κ1) is 15.6. The van der Waals surface area contributed by atoms with Crippen molar-refractivity contribution in [2.45, 2.75) is 45.3 Å². The topological polar surface area (TPSA) is 90.4 Å².